The van der Waals surface area contributed by atoms with Crippen molar-refractivity contribution in [2.45, 2.75) is 26.7 Å². The highest BCUT2D eigenvalue weighted by molar-refractivity contribution is 5.73. The van der Waals surface area contributed by atoms with E-state index >= 15 is 0 Å². The summed E-state index contributed by atoms with van der Waals surface area (Å²) in [5.74, 6) is 1.25. The van der Waals surface area contributed by atoms with Crippen LogP contribution in [0, 0.1) is 12.8 Å². The number of rotatable bonds is 3. The molecule has 3 heteroatoms. The second kappa shape index (κ2) is 4.26. The smallest absolute Gasteiger partial charge is 0.192 e. The van der Waals surface area contributed by atoms with Crippen molar-refractivity contribution in [2.75, 3.05) is 6.61 Å². The van der Waals surface area contributed by atoms with E-state index in [1.165, 1.54) is 0 Å². The fourth-order valence-electron chi connectivity index (χ4n) is 1.99. The van der Waals surface area contributed by atoms with Gasteiger partial charge in [0, 0.05) is 12.8 Å². The van der Waals surface area contributed by atoms with Crippen molar-refractivity contribution in [3.8, 4) is 0 Å². The van der Waals surface area contributed by atoms with Gasteiger partial charge >= 0.3 is 0 Å². The maximum absolute atomic E-state index is 9.38. The van der Waals surface area contributed by atoms with Crippen LogP contribution in [-0.2, 0) is 0 Å². The maximum Gasteiger partial charge on any atom is 0.192 e. The summed E-state index contributed by atoms with van der Waals surface area (Å²) in [6, 6.07) is 5.95. The molecular formula is C13H17NO2. The number of fused-ring (bicyclic) bond motifs is 1. The van der Waals surface area contributed by atoms with Crippen molar-refractivity contribution < 1.29 is 9.52 Å². The highest BCUT2D eigenvalue weighted by Gasteiger charge is 2.16. The molecule has 0 saturated heterocycles. The Morgan fingerprint density at radius 2 is 2.12 bits per heavy atom. The van der Waals surface area contributed by atoms with Gasteiger partial charge in [-0.1, -0.05) is 19.9 Å². The zero-order valence-electron chi connectivity index (χ0n) is 9.90. The van der Waals surface area contributed by atoms with Gasteiger partial charge in [-0.2, -0.15) is 0 Å². The molecule has 1 unspecified atom stereocenters. The lowest BCUT2D eigenvalue weighted by Crippen LogP contribution is -2.10. The topological polar surface area (TPSA) is 46.3 Å². The largest absolute Gasteiger partial charge is 0.441 e. The normalized spacial score (nSPS) is 13.6. The Labute approximate surface area is 95.1 Å². The first-order valence-corrected chi connectivity index (χ1v) is 5.59. The lowest BCUT2D eigenvalue weighted by molar-refractivity contribution is 0.237. The zero-order valence-corrected chi connectivity index (χ0v) is 9.90. The third-order valence-electron chi connectivity index (χ3n) is 2.95. The molecule has 0 aliphatic heterocycles. The minimum Gasteiger partial charge on any atom is -0.441 e. The van der Waals surface area contributed by atoms with E-state index in [4.69, 9.17) is 4.42 Å². The predicted octanol–water partition coefficient (Wildman–Crippen LogP) is 2.87. The van der Waals surface area contributed by atoms with Gasteiger partial charge < -0.3 is 9.52 Å². The van der Waals surface area contributed by atoms with E-state index in [1.807, 2.05) is 25.1 Å². The van der Waals surface area contributed by atoms with Crippen molar-refractivity contribution in [1.82, 2.24) is 4.98 Å². The Kier molecular flexibility index (Phi) is 2.97. The number of oxazole rings is 1. The predicted molar refractivity (Wildman–Crippen MR) is 63.4 cm³/mol. The summed E-state index contributed by atoms with van der Waals surface area (Å²) in [6.45, 7) is 6.22. The molecule has 1 aromatic heterocycles. The van der Waals surface area contributed by atoms with Gasteiger partial charge in [0.2, 0.25) is 0 Å². The molecule has 1 atom stereocenters. The highest BCUT2D eigenvalue weighted by Crippen LogP contribution is 2.27. The Morgan fingerprint density at radius 1 is 1.38 bits per heavy atom. The van der Waals surface area contributed by atoms with Gasteiger partial charge in [-0.3, -0.25) is 0 Å². The lowest BCUT2D eigenvalue weighted by atomic mass is 9.89. The van der Waals surface area contributed by atoms with Crippen LogP contribution in [0.1, 0.15) is 31.2 Å². The van der Waals surface area contributed by atoms with Gasteiger partial charge in [-0.05, 0) is 23.6 Å². The van der Waals surface area contributed by atoms with Crippen molar-refractivity contribution in [3.05, 3.63) is 29.7 Å². The summed E-state index contributed by atoms with van der Waals surface area (Å²) in [7, 11) is 0. The van der Waals surface area contributed by atoms with Gasteiger partial charge in [0.05, 0.1) is 6.61 Å². The fourth-order valence-corrected chi connectivity index (χ4v) is 1.99. The molecule has 1 heterocycles. The quantitative estimate of drug-likeness (QED) is 0.863. The molecule has 2 aromatic rings. The number of nitrogens with zero attached hydrogens (tertiary/aromatic N) is 1. The molecule has 0 spiro atoms. The van der Waals surface area contributed by atoms with Crippen LogP contribution < -0.4 is 0 Å². The van der Waals surface area contributed by atoms with Crippen LogP contribution in [0.25, 0.3) is 11.1 Å². The minimum atomic E-state index is 0.162. The average Bonchev–Trinajstić information content (AvgIpc) is 2.57. The van der Waals surface area contributed by atoms with Gasteiger partial charge in [0.15, 0.2) is 11.5 Å². The third-order valence-corrected chi connectivity index (χ3v) is 2.95. The first-order chi connectivity index (χ1) is 7.61. The Morgan fingerprint density at radius 3 is 2.75 bits per heavy atom. The molecule has 0 bridgehead atoms. The molecule has 0 aliphatic rings. The molecule has 0 fully saturated rings. The van der Waals surface area contributed by atoms with E-state index in [0.29, 0.717) is 11.8 Å². The van der Waals surface area contributed by atoms with Crippen LogP contribution in [0.4, 0.5) is 0 Å². The first-order valence-electron chi connectivity index (χ1n) is 5.59. The monoisotopic (exact) mass is 219 g/mol. The molecule has 0 radical (unpaired) electrons. The summed E-state index contributed by atoms with van der Waals surface area (Å²) in [5.41, 5.74) is 2.79. The fraction of sp³-hybridized carbons (Fsp3) is 0.462. The summed E-state index contributed by atoms with van der Waals surface area (Å²) in [4.78, 5) is 4.26. The number of aliphatic hydroxyl groups is 1. The molecule has 0 aliphatic carbocycles. The van der Waals surface area contributed by atoms with E-state index in [-0.39, 0.29) is 12.5 Å². The molecule has 0 amide bonds. The van der Waals surface area contributed by atoms with Gasteiger partial charge in [0.1, 0.15) is 5.52 Å². The Balaban J connectivity index is 2.44. The number of hydrogen-bond donors (Lipinski definition) is 1. The van der Waals surface area contributed by atoms with Crippen molar-refractivity contribution in [3.63, 3.8) is 0 Å². The van der Waals surface area contributed by atoms with Gasteiger partial charge in [-0.25, -0.2) is 4.98 Å². The molecular weight excluding hydrogens is 202 g/mol. The standard InChI is InChI=1S/C13H17NO2/c1-8(2)11(7-15)10-4-5-12-13(6-10)16-9(3)14-12/h4-6,8,11,15H,7H2,1-3H3. The second-order valence-electron chi connectivity index (χ2n) is 4.49. The summed E-state index contributed by atoms with van der Waals surface area (Å²) < 4.78 is 5.49. The molecule has 3 nitrogen and oxygen atoms in total. The average molecular weight is 219 g/mol. The maximum atomic E-state index is 9.38. The first kappa shape index (κ1) is 11.1. The zero-order chi connectivity index (χ0) is 11.7. The Bertz CT molecular complexity index is 488. The number of aryl methyl sites for hydroxylation is 1. The van der Waals surface area contributed by atoms with Crippen LogP contribution in [0.15, 0.2) is 22.6 Å². The summed E-state index contributed by atoms with van der Waals surface area (Å²) in [6.07, 6.45) is 0. The van der Waals surface area contributed by atoms with E-state index < -0.39 is 0 Å². The molecule has 1 aromatic carbocycles. The van der Waals surface area contributed by atoms with Crippen LogP contribution in [0.3, 0.4) is 0 Å². The molecule has 1 N–H and O–H groups in total. The number of aromatic nitrogens is 1. The van der Waals surface area contributed by atoms with E-state index in [0.717, 1.165) is 16.7 Å². The van der Waals surface area contributed by atoms with Crippen LogP contribution in [0.5, 0.6) is 0 Å². The Hall–Kier alpha value is -1.35. The number of aliphatic hydroxyl groups excluding tert-OH is 1. The summed E-state index contributed by atoms with van der Waals surface area (Å²) in [5, 5.41) is 9.38. The van der Waals surface area contributed by atoms with Crippen molar-refractivity contribution >= 4 is 11.1 Å². The van der Waals surface area contributed by atoms with Crippen LogP contribution >= 0.6 is 0 Å². The molecule has 2 rings (SSSR count). The van der Waals surface area contributed by atoms with E-state index in [2.05, 4.69) is 18.8 Å². The van der Waals surface area contributed by atoms with Crippen LogP contribution in [-0.4, -0.2) is 16.7 Å². The van der Waals surface area contributed by atoms with Gasteiger partial charge in [-0.15, -0.1) is 0 Å². The van der Waals surface area contributed by atoms with E-state index in [9.17, 15) is 5.11 Å². The molecule has 86 valence electrons. The van der Waals surface area contributed by atoms with Crippen LogP contribution in [0.2, 0.25) is 0 Å². The third kappa shape index (κ3) is 1.95. The summed E-state index contributed by atoms with van der Waals surface area (Å²) >= 11 is 0. The SMILES string of the molecule is Cc1nc2ccc(C(CO)C(C)C)cc2o1. The van der Waals surface area contributed by atoms with E-state index in [1.54, 1.807) is 0 Å². The number of hydrogen-bond acceptors (Lipinski definition) is 3. The van der Waals surface area contributed by atoms with Crippen molar-refractivity contribution in [2.24, 2.45) is 5.92 Å². The van der Waals surface area contributed by atoms with Crippen molar-refractivity contribution in [1.29, 1.82) is 0 Å². The number of benzene rings is 1. The molecule has 16 heavy (non-hydrogen) atoms. The second-order valence-corrected chi connectivity index (χ2v) is 4.49. The lowest BCUT2D eigenvalue weighted by Gasteiger charge is -2.18. The highest BCUT2D eigenvalue weighted by atomic mass is 16.3. The minimum absolute atomic E-state index is 0.162. The van der Waals surface area contributed by atoms with Gasteiger partial charge in [0.25, 0.3) is 0 Å². The molecule has 0 saturated carbocycles.